The number of fused-ring (bicyclic) bond motifs is 20. The van der Waals surface area contributed by atoms with Crippen molar-refractivity contribution in [2.75, 3.05) is 9.80 Å². The summed E-state index contributed by atoms with van der Waals surface area (Å²) in [5.74, 6) is 0. The normalized spacial score (nSPS) is 14.1. The van der Waals surface area contributed by atoms with Crippen LogP contribution in [0.2, 0.25) is 0 Å². The molecular weight excluding hydrogens is 1030 g/mol. The molecule has 0 aliphatic heterocycles. The van der Waals surface area contributed by atoms with E-state index in [1.807, 2.05) is 22.7 Å². The maximum Gasteiger partial charge on any atom is 0.137 e. The van der Waals surface area contributed by atoms with Gasteiger partial charge in [0.1, 0.15) is 11.2 Å². The van der Waals surface area contributed by atoms with Gasteiger partial charge in [0.15, 0.2) is 0 Å². The number of anilines is 6. The van der Waals surface area contributed by atoms with Gasteiger partial charge in [-0.2, -0.15) is 0 Å². The van der Waals surface area contributed by atoms with Gasteiger partial charge < -0.3 is 14.2 Å². The third-order valence-corrected chi connectivity index (χ3v) is 19.9. The van der Waals surface area contributed by atoms with Crippen LogP contribution in [0.4, 0.5) is 34.1 Å². The maximum atomic E-state index is 6.76. The van der Waals surface area contributed by atoms with Gasteiger partial charge in [0.2, 0.25) is 0 Å². The number of para-hydroxylation sites is 2. The Bertz CT molecular complexity index is 5340. The van der Waals surface area contributed by atoms with E-state index in [0.717, 1.165) is 56.1 Å². The molecule has 382 valence electrons. The van der Waals surface area contributed by atoms with E-state index in [1.54, 1.807) is 0 Å². The lowest BCUT2D eigenvalue weighted by Crippen LogP contribution is -2.26. The maximum absolute atomic E-state index is 6.76. The molecule has 0 fully saturated rings. The Balaban J connectivity index is 0.901. The summed E-state index contributed by atoms with van der Waals surface area (Å²) in [6, 6.07) is 104. The first kappa shape index (κ1) is 45.8. The quantitative estimate of drug-likeness (QED) is 0.159. The van der Waals surface area contributed by atoms with Crippen molar-refractivity contribution in [3.8, 4) is 33.4 Å². The van der Waals surface area contributed by atoms with E-state index in [0.29, 0.717) is 0 Å². The fourth-order valence-corrected chi connectivity index (χ4v) is 16.3. The van der Waals surface area contributed by atoms with Gasteiger partial charge in [-0.1, -0.05) is 164 Å². The van der Waals surface area contributed by atoms with Gasteiger partial charge in [-0.25, -0.2) is 0 Å². The van der Waals surface area contributed by atoms with Crippen molar-refractivity contribution in [3.63, 3.8) is 0 Å². The summed E-state index contributed by atoms with van der Waals surface area (Å²) >= 11 is 3.72. The van der Waals surface area contributed by atoms with Crippen molar-refractivity contribution in [1.82, 2.24) is 0 Å². The Labute approximate surface area is 481 Å². The Kier molecular flexibility index (Phi) is 9.76. The van der Waals surface area contributed by atoms with Crippen molar-refractivity contribution in [2.45, 2.75) is 5.41 Å². The molecule has 1 spiro atoms. The number of nitrogens with zero attached hydrogens (tertiary/aromatic N) is 2. The standard InChI is InChI=1S/C77H46N2OS2/c1-2-18-51(19-3-1)78(55-35-38-61-59-24-8-12-30-72(59)82-75(61)46-55)52-20-14-21-53(44-52)79(54-34-37-58-57-23-7-11-29-70(57)80-71(58)45-54)69-28-15-27-66-76(69)62-36-32-50(49-33-39-74-64(41-49)60-25-9-13-31-73(60)81-74)43-67(62)77(66)65-26-10-6-22-56(65)63-40-47-16-4-5-17-48(47)42-68(63)77/h1-46H. The zero-order valence-electron chi connectivity index (χ0n) is 44.2. The molecule has 13 aromatic carbocycles. The predicted molar refractivity (Wildman–Crippen MR) is 348 cm³/mol. The topological polar surface area (TPSA) is 19.6 Å². The van der Waals surface area contributed by atoms with Gasteiger partial charge >= 0.3 is 0 Å². The molecule has 3 nitrogen and oxygen atoms in total. The molecule has 0 bridgehead atoms. The third kappa shape index (κ3) is 6.57. The number of hydrogen-bond acceptors (Lipinski definition) is 5. The van der Waals surface area contributed by atoms with Crippen LogP contribution in [0.3, 0.4) is 0 Å². The van der Waals surface area contributed by atoms with Crippen molar-refractivity contribution in [1.29, 1.82) is 0 Å². The largest absolute Gasteiger partial charge is 0.456 e. The zero-order chi connectivity index (χ0) is 53.6. The van der Waals surface area contributed by atoms with Crippen LogP contribution in [0.5, 0.6) is 0 Å². The highest BCUT2D eigenvalue weighted by molar-refractivity contribution is 7.26. The molecule has 16 aromatic rings. The second-order valence-corrected chi connectivity index (χ2v) is 24.1. The molecule has 0 saturated heterocycles. The first-order valence-electron chi connectivity index (χ1n) is 28.0. The summed E-state index contributed by atoms with van der Waals surface area (Å²) in [5, 5.41) is 9.85. The summed E-state index contributed by atoms with van der Waals surface area (Å²) in [7, 11) is 0. The van der Waals surface area contributed by atoms with Crippen LogP contribution in [-0.4, -0.2) is 0 Å². The van der Waals surface area contributed by atoms with Gasteiger partial charge in [-0.3, -0.25) is 0 Å². The molecule has 3 heterocycles. The van der Waals surface area contributed by atoms with Crippen LogP contribution in [0.1, 0.15) is 22.3 Å². The second kappa shape index (κ2) is 17.5. The number of rotatable bonds is 7. The number of hydrogen-bond donors (Lipinski definition) is 0. The molecule has 5 heteroatoms. The average Bonchev–Trinajstić information content (AvgIpc) is 2.15. The summed E-state index contributed by atoms with van der Waals surface area (Å²) in [4.78, 5) is 4.89. The predicted octanol–water partition coefficient (Wildman–Crippen LogP) is 22.4. The monoisotopic (exact) mass is 1080 g/mol. The van der Waals surface area contributed by atoms with Gasteiger partial charge in [-0.05, 0) is 170 Å². The minimum atomic E-state index is -0.641. The van der Waals surface area contributed by atoms with E-state index < -0.39 is 5.41 Å². The number of thiophene rings is 2. The Hall–Kier alpha value is -10.0. The Morgan fingerprint density at radius 3 is 1.71 bits per heavy atom. The van der Waals surface area contributed by atoms with Gasteiger partial charge in [0.25, 0.3) is 0 Å². The van der Waals surface area contributed by atoms with Gasteiger partial charge in [-0.15, -0.1) is 22.7 Å². The average molecular weight is 1080 g/mol. The molecule has 82 heavy (non-hydrogen) atoms. The fraction of sp³-hybridized carbons (Fsp3) is 0.0130. The van der Waals surface area contributed by atoms with E-state index in [2.05, 4.69) is 289 Å². The molecule has 18 rings (SSSR count). The van der Waals surface area contributed by atoms with Crippen molar-refractivity contribution < 1.29 is 4.42 Å². The zero-order valence-corrected chi connectivity index (χ0v) is 45.8. The minimum absolute atomic E-state index is 0.641. The van der Waals surface area contributed by atoms with Crippen LogP contribution < -0.4 is 9.80 Å². The van der Waals surface area contributed by atoms with Gasteiger partial charge in [0, 0.05) is 91.2 Å². The van der Waals surface area contributed by atoms with E-state index in [4.69, 9.17) is 4.42 Å². The lowest BCUT2D eigenvalue weighted by molar-refractivity contribution is 0.669. The molecule has 2 aliphatic carbocycles. The molecule has 0 amide bonds. The highest BCUT2D eigenvalue weighted by atomic mass is 32.1. The molecular formula is C77H46N2OS2. The molecule has 0 N–H and O–H groups in total. The first-order chi connectivity index (χ1) is 40.6. The third-order valence-electron chi connectivity index (χ3n) is 17.6. The molecule has 1 atom stereocenters. The van der Waals surface area contributed by atoms with Crippen LogP contribution in [0, 0.1) is 0 Å². The SMILES string of the molecule is c1ccc(N(c2cccc(N(c3ccc4c(c3)oc3ccccc34)c3cccc4c3-c3ccc(-c5ccc6sc7ccccc7c6c5)cc3C43c4ccccc4-c4cc5ccccc5cc43)c2)c2ccc3c(c2)sc2ccccc23)cc1. The summed E-state index contributed by atoms with van der Waals surface area (Å²) in [5.41, 5.74) is 20.0. The molecule has 0 saturated carbocycles. The van der Waals surface area contributed by atoms with Crippen LogP contribution in [0.25, 0.3) is 106 Å². The van der Waals surface area contributed by atoms with Crippen LogP contribution in [-0.2, 0) is 5.41 Å². The smallest absolute Gasteiger partial charge is 0.137 e. The van der Waals surface area contributed by atoms with Crippen molar-refractivity contribution in [2.24, 2.45) is 0 Å². The second-order valence-electron chi connectivity index (χ2n) is 21.9. The van der Waals surface area contributed by atoms with Gasteiger partial charge in [0.05, 0.1) is 11.1 Å². The highest BCUT2D eigenvalue weighted by Crippen LogP contribution is 2.66. The Morgan fingerprint density at radius 2 is 0.854 bits per heavy atom. The van der Waals surface area contributed by atoms with E-state index in [9.17, 15) is 0 Å². The molecule has 0 radical (unpaired) electrons. The van der Waals surface area contributed by atoms with Crippen LogP contribution >= 0.6 is 22.7 Å². The fourth-order valence-electron chi connectivity index (χ4n) is 14.1. The van der Waals surface area contributed by atoms with E-state index in [1.165, 1.54) is 107 Å². The molecule has 1 unspecified atom stereocenters. The highest BCUT2D eigenvalue weighted by Gasteiger charge is 2.53. The van der Waals surface area contributed by atoms with Crippen LogP contribution in [0.15, 0.2) is 283 Å². The Morgan fingerprint density at radius 1 is 0.280 bits per heavy atom. The summed E-state index contributed by atoms with van der Waals surface area (Å²) < 4.78 is 11.9. The summed E-state index contributed by atoms with van der Waals surface area (Å²) in [6.07, 6.45) is 0. The van der Waals surface area contributed by atoms with E-state index >= 15 is 0 Å². The minimum Gasteiger partial charge on any atom is -0.456 e. The molecule has 2 aliphatic rings. The van der Waals surface area contributed by atoms with Crippen molar-refractivity contribution in [3.05, 3.63) is 301 Å². The lowest BCUT2D eigenvalue weighted by Gasteiger charge is -2.32. The summed E-state index contributed by atoms with van der Waals surface area (Å²) in [6.45, 7) is 0. The van der Waals surface area contributed by atoms with E-state index in [-0.39, 0.29) is 0 Å². The lowest BCUT2D eigenvalue weighted by atomic mass is 9.70. The number of benzene rings is 13. The van der Waals surface area contributed by atoms with Crippen molar-refractivity contribution >= 4 is 130 Å². The first-order valence-corrected chi connectivity index (χ1v) is 29.7. The number of furan rings is 1. The molecule has 3 aromatic heterocycles.